The molecule has 1 aromatic rings. The maximum atomic E-state index is 13.2. The van der Waals surface area contributed by atoms with E-state index < -0.39 is 23.7 Å². The molecule has 0 aliphatic heterocycles. The smallest absolute Gasteiger partial charge is 0.339 e. The Morgan fingerprint density at radius 3 is 2.53 bits per heavy atom. The van der Waals surface area contributed by atoms with E-state index in [0.717, 1.165) is 12.1 Å². The van der Waals surface area contributed by atoms with E-state index in [2.05, 4.69) is 10.1 Å². The summed E-state index contributed by atoms with van der Waals surface area (Å²) >= 11 is 0. The lowest BCUT2D eigenvalue weighted by atomic mass is 10.0. The van der Waals surface area contributed by atoms with E-state index >= 15 is 0 Å². The van der Waals surface area contributed by atoms with E-state index in [9.17, 15) is 14.0 Å². The minimum Gasteiger partial charge on any atom is -0.465 e. The van der Waals surface area contributed by atoms with Crippen molar-refractivity contribution in [1.82, 2.24) is 0 Å². The normalized spacial score (nSPS) is 12.1. The number of amides is 1. The third-order valence-corrected chi connectivity index (χ3v) is 2.67. The van der Waals surface area contributed by atoms with E-state index in [1.165, 1.54) is 13.2 Å². The summed E-state index contributed by atoms with van der Waals surface area (Å²) in [4.78, 5) is 23.3. The quantitative estimate of drug-likeness (QED) is 0.811. The van der Waals surface area contributed by atoms with Gasteiger partial charge in [0.1, 0.15) is 5.82 Å². The van der Waals surface area contributed by atoms with Crippen molar-refractivity contribution in [3.8, 4) is 0 Å². The number of rotatable bonds is 4. The van der Waals surface area contributed by atoms with Crippen molar-refractivity contribution >= 4 is 17.6 Å². The molecule has 0 bridgehead atoms. The van der Waals surface area contributed by atoms with Crippen LogP contribution in [-0.2, 0) is 9.53 Å². The van der Waals surface area contributed by atoms with Gasteiger partial charge in [-0.2, -0.15) is 0 Å². The number of halogens is 1. The molecule has 104 valence electrons. The summed E-state index contributed by atoms with van der Waals surface area (Å²) in [5.74, 6) is -1.78. The molecule has 0 aliphatic carbocycles. The van der Waals surface area contributed by atoms with Gasteiger partial charge in [-0.25, -0.2) is 9.18 Å². The van der Waals surface area contributed by atoms with E-state index in [0.29, 0.717) is 0 Å². The second-order valence-corrected chi connectivity index (χ2v) is 4.44. The van der Waals surface area contributed by atoms with Crippen molar-refractivity contribution in [2.45, 2.75) is 19.9 Å². The molecule has 0 saturated carbocycles. The topological polar surface area (TPSA) is 81.4 Å². The van der Waals surface area contributed by atoms with Crippen LogP contribution in [0.25, 0.3) is 0 Å². The molecule has 0 unspecified atom stereocenters. The number of hydrogen-bond acceptors (Lipinski definition) is 4. The molecule has 0 spiro atoms. The highest BCUT2D eigenvalue weighted by atomic mass is 19.1. The number of carbonyl (C=O) groups excluding carboxylic acids is 2. The van der Waals surface area contributed by atoms with E-state index in [-0.39, 0.29) is 17.2 Å². The lowest BCUT2D eigenvalue weighted by Crippen LogP contribution is -2.40. The fourth-order valence-corrected chi connectivity index (χ4v) is 1.43. The predicted octanol–water partition coefficient (Wildman–Crippen LogP) is 1.53. The summed E-state index contributed by atoms with van der Waals surface area (Å²) in [5, 5.41) is 2.44. The van der Waals surface area contributed by atoms with Crippen LogP contribution in [0.3, 0.4) is 0 Å². The second-order valence-electron chi connectivity index (χ2n) is 4.44. The summed E-state index contributed by atoms with van der Waals surface area (Å²) in [6.07, 6.45) is 0. The SMILES string of the molecule is COC(=O)c1ccc(F)cc1NC(=O)[C@@H](N)C(C)C. The van der Waals surface area contributed by atoms with Gasteiger partial charge in [-0.15, -0.1) is 0 Å². The summed E-state index contributed by atoms with van der Waals surface area (Å²) in [6.45, 7) is 3.58. The number of benzene rings is 1. The molecule has 1 rings (SSSR count). The van der Waals surface area contributed by atoms with Gasteiger partial charge < -0.3 is 15.8 Å². The molecule has 19 heavy (non-hydrogen) atoms. The van der Waals surface area contributed by atoms with Gasteiger partial charge in [0.15, 0.2) is 0 Å². The van der Waals surface area contributed by atoms with Gasteiger partial charge in [0.05, 0.1) is 24.4 Å². The lowest BCUT2D eigenvalue weighted by molar-refractivity contribution is -0.118. The van der Waals surface area contributed by atoms with Crippen LogP contribution in [0.5, 0.6) is 0 Å². The third-order valence-electron chi connectivity index (χ3n) is 2.67. The van der Waals surface area contributed by atoms with Gasteiger partial charge in [0, 0.05) is 0 Å². The van der Waals surface area contributed by atoms with Crippen LogP contribution < -0.4 is 11.1 Å². The van der Waals surface area contributed by atoms with Crippen molar-refractivity contribution in [3.05, 3.63) is 29.6 Å². The number of hydrogen-bond donors (Lipinski definition) is 2. The molecule has 0 fully saturated rings. The highest BCUT2D eigenvalue weighted by Gasteiger charge is 2.20. The molecule has 0 aliphatic rings. The molecular formula is C13H17FN2O3. The van der Waals surface area contributed by atoms with Crippen LogP contribution in [0.4, 0.5) is 10.1 Å². The number of esters is 1. The molecule has 1 amide bonds. The average molecular weight is 268 g/mol. The zero-order chi connectivity index (χ0) is 14.6. The number of methoxy groups -OCH3 is 1. The van der Waals surface area contributed by atoms with Gasteiger partial charge in [-0.3, -0.25) is 4.79 Å². The van der Waals surface area contributed by atoms with Crippen molar-refractivity contribution in [2.75, 3.05) is 12.4 Å². The maximum absolute atomic E-state index is 13.2. The van der Waals surface area contributed by atoms with Crippen LogP contribution in [0.15, 0.2) is 18.2 Å². The zero-order valence-electron chi connectivity index (χ0n) is 11.1. The number of ether oxygens (including phenoxy) is 1. The molecule has 0 aromatic heterocycles. The van der Waals surface area contributed by atoms with Crippen molar-refractivity contribution in [1.29, 1.82) is 0 Å². The Hall–Kier alpha value is -1.95. The summed E-state index contributed by atoms with van der Waals surface area (Å²) in [7, 11) is 1.21. The van der Waals surface area contributed by atoms with Crippen LogP contribution in [0, 0.1) is 11.7 Å². The first kappa shape index (κ1) is 15.1. The Bertz CT molecular complexity index is 489. The molecule has 1 atom stereocenters. The Kier molecular flexibility index (Phi) is 5.00. The van der Waals surface area contributed by atoms with Crippen LogP contribution >= 0.6 is 0 Å². The Balaban J connectivity index is 3.02. The number of nitrogens with one attached hydrogen (secondary N) is 1. The van der Waals surface area contributed by atoms with E-state index in [1.54, 1.807) is 13.8 Å². The molecule has 0 radical (unpaired) electrons. The minimum atomic E-state index is -0.742. The molecule has 1 aromatic carbocycles. The van der Waals surface area contributed by atoms with Gasteiger partial charge in [-0.05, 0) is 24.1 Å². The first-order chi connectivity index (χ1) is 8.86. The van der Waals surface area contributed by atoms with Crippen molar-refractivity contribution < 1.29 is 18.7 Å². The number of nitrogens with two attached hydrogens (primary N) is 1. The molecule has 3 N–H and O–H groups in total. The molecule has 5 nitrogen and oxygen atoms in total. The predicted molar refractivity (Wildman–Crippen MR) is 69.2 cm³/mol. The highest BCUT2D eigenvalue weighted by molar-refractivity contribution is 6.02. The van der Waals surface area contributed by atoms with E-state index in [4.69, 9.17) is 5.73 Å². The number of anilines is 1. The largest absolute Gasteiger partial charge is 0.465 e. The number of carbonyl (C=O) groups is 2. The second kappa shape index (κ2) is 6.29. The summed E-state index contributed by atoms with van der Waals surface area (Å²) in [6, 6.07) is 2.67. The molecular weight excluding hydrogens is 251 g/mol. The van der Waals surface area contributed by atoms with Crippen LogP contribution in [0.1, 0.15) is 24.2 Å². The maximum Gasteiger partial charge on any atom is 0.339 e. The first-order valence-corrected chi connectivity index (χ1v) is 5.81. The van der Waals surface area contributed by atoms with Gasteiger partial charge in [-0.1, -0.05) is 13.8 Å². The standard InChI is InChI=1S/C13H17FN2O3/c1-7(2)11(15)12(17)16-10-6-8(14)4-5-9(10)13(18)19-3/h4-7,11H,15H2,1-3H3,(H,16,17)/t11-/m0/s1. The fourth-order valence-electron chi connectivity index (χ4n) is 1.43. The Labute approximate surface area is 110 Å². The molecule has 0 saturated heterocycles. The Morgan fingerprint density at radius 2 is 2.00 bits per heavy atom. The summed E-state index contributed by atoms with van der Waals surface area (Å²) in [5.41, 5.74) is 5.81. The zero-order valence-corrected chi connectivity index (χ0v) is 11.1. The fraction of sp³-hybridized carbons (Fsp3) is 0.385. The van der Waals surface area contributed by atoms with Gasteiger partial charge in [0.25, 0.3) is 0 Å². The van der Waals surface area contributed by atoms with Crippen molar-refractivity contribution in [2.24, 2.45) is 11.7 Å². The van der Waals surface area contributed by atoms with Crippen molar-refractivity contribution in [3.63, 3.8) is 0 Å². The average Bonchev–Trinajstić information content (AvgIpc) is 2.36. The first-order valence-electron chi connectivity index (χ1n) is 5.81. The van der Waals surface area contributed by atoms with E-state index in [1.807, 2.05) is 0 Å². The van der Waals surface area contributed by atoms with Gasteiger partial charge >= 0.3 is 5.97 Å². The third kappa shape index (κ3) is 3.75. The molecule has 6 heteroatoms. The Morgan fingerprint density at radius 1 is 1.37 bits per heavy atom. The van der Waals surface area contributed by atoms with Gasteiger partial charge in [0.2, 0.25) is 5.91 Å². The molecule has 0 heterocycles. The monoisotopic (exact) mass is 268 g/mol. The summed E-state index contributed by atoms with van der Waals surface area (Å²) < 4.78 is 17.8. The van der Waals surface area contributed by atoms with Crippen LogP contribution in [-0.4, -0.2) is 25.0 Å². The van der Waals surface area contributed by atoms with Crippen LogP contribution in [0.2, 0.25) is 0 Å². The lowest BCUT2D eigenvalue weighted by Gasteiger charge is -2.16. The minimum absolute atomic E-state index is 0.0490. The highest BCUT2D eigenvalue weighted by Crippen LogP contribution is 2.19.